The summed E-state index contributed by atoms with van der Waals surface area (Å²) in [5.41, 5.74) is 1.95. The fourth-order valence-corrected chi connectivity index (χ4v) is 4.37. The van der Waals surface area contributed by atoms with Gasteiger partial charge >= 0.3 is 0 Å². The normalized spacial score (nSPS) is 11.1. The Balaban J connectivity index is 2.01. The topological polar surface area (TPSA) is 98.8 Å². The van der Waals surface area contributed by atoms with Crippen LogP contribution in [0.4, 0.5) is 11.4 Å². The van der Waals surface area contributed by atoms with E-state index in [0.717, 1.165) is 22.9 Å². The summed E-state index contributed by atoms with van der Waals surface area (Å²) in [7, 11) is 6.67. The molecule has 2 aromatic carbocycles. The van der Waals surface area contributed by atoms with Crippen LogP contribution in [0, 0.1) is 0 Å². The van der Waals surface area contributed by atoms with Crippen LogP contribution in [-0.2, 0) is 37.9 Å². The van der Waals surface area contributed by atoms with Crippen LogP contribution in [0.25, 0.3) is 0 Å². The summed E-state index contributed by atoms with van der Waals surface area (Å²) in [5.74, 6) is 1.55. The summed E-state index contributed by atoms with van der Waals surface area (Å²) in [6.07, 6.45) is 0. The Morgan fingerprint density at radius 2 is 0.674 bits per heavy atom. The number of nitrogens with zero attached hydrogens (tertiary/aromatic N) is 2. The minimum Gasteiger partial charge on any atom is -0.488 e. The fourth-order valence-electron chi connectivity index (χ4n) is 4.37. The molecule has 46 heavy (non-hydrogen) atoms. The van der Waals surface area contributed by atoms with Gasteiger partial charge in [-0.2, -0.15) is 0 Å². The number of benzene rings is 2. The van der Waals surface area contributed by atoms with Gasteiger partial charge in [-0.05, 0) is 24.3 Å². The number of anilines is 2. The van der Waals surface area contributed by atoms with E-state index in [9.17, 15) is 0 Å². The Morgan fingerprint density at radius 3 is 0.978 bits per heavy atom. The lowest BCUT2D eigenvalue weighted by molar-refractivity contribution is 0.0675. The van der Waals surface area contributed by atoms with Crippen LogP contribution in [0.15, 0.2) is 48.5 Å². The first-order chi connectivity index (χ1) is 22.7. The van der Waals surface area contributed by atoms with E-state index >= 15 is 0 Å². The van der Waals surface area contributed by atoms with Gasteiger partial charge in [0.25, 0.3) is 0 Å². The van der Waals surface area contributed by atoms with Gasteiger partial charge < -0.3 is 57.2 Å². The molecule has 12 heteroatoms. The van der Waals surface area contributed by atoms with Crippen molar-refractivity contribution in [2.45, 2.75) is 0 Å². The van der Waals surface area contributed by atoms with Gasteiger partial charge in [0.05, 0.1) is 90.7 Å². The number of hydrogen-bond donors (Lipinski definition) is 0. The van der Waals surface area contributed by atoms with Gasteiger partial charge in [0.2, 0.25) is 0 Å². The van der Waals surface area contributed by atoms with E-state index in [1.165, 1.54) is 0 Å². The molecule has 0 unspecified atom stereocenters. The third kappa shape index (κ3) is 17.3. The van der Waals surface area contributed by atoms with E-state index in [1.807, 2.05) is 36.4 Å². The molecule has 0 saturated heterocycles. The highest BCUT2D eigenvalue weighted by atomic mass is 16.5. The maximum absolute atomic E-state index is 6.27. The molecular weight excluding hydrogens is 596 g/mol. The minimum atomic E-state index is 0.369. The van der Waals surface area contributed by atoms with Crippen molar-refractivity contribution < 1.29 is 47.4 Å². The third-order valence-corrected chi connectivity index (χ3v) is 6.76. The van der Waals surface area contributed by atoms with Crippen LogP contribution in [0.3, 0.4) is 0 Å². The summed E-state index contributed by atoms with van der Waals surface area (Å²) in [5, 5.41) is 0. The molecule has 2 rings (SSSR count). The third-order valence-electron chi connectivity index (χ3n) is 6.76. The minimum absolute atomic E-state index is 0.369. The Hall–Kier alpha value is -2.68. The second-order valence-electron chi connectivity index (χ2n) is 10.0. The van der Waals surface area contributed by atoms with Crippen molar-refractivity contribution in [3.8, 4) is 11.5 Å². The Bertz CT molecular complexity index is 881. The van der Waals surface area contributed by atoms with Crippen LogP contribution in [0.2, 0.25) is 0 Å². The lowest BCUT2D eigenvalue weighted by atomic mass is 10.2. The average molecular weight is 653 g/mol. The zero-order valence-corrected chi connectivity index (χ0v) is 28.3. The standard InChI is InChI=1S/C34H56N2O10/c1-37-21-25-41-17-13-35(14-18-42-26-22-38-2)31-9-5-7-11-33(31)45-29-30-46-34-12-8-6-10-32(34)36(15-19-43-27-23-39-3)16-20-44-28-24-40-4/h5-12H,13-30H2,1-4H3. The zero-order chi connectivity index (χ0) is 32.9. The smallest absolute Gasteiger partial charge is 0.142 e. The molecule has 0 spiro atoms. The van der Waals surface area contributed by atoms with Crippen molar-refractivity contribution in [1.82, 2.24) is 0 Å². The van der Waals surface area contributed by atoms with Crippen molar-refractivity contribution >= 4 is 11.4 Å². The van der Waals surface area contributed by atoms with Crippen molar-refractivity contribution in [1.29, 1.82) is 0 Å². The molecule has 2 aromatic rings. The first kappa shape index (κ1) is 39.5. The van der Waals surface area contributed by atoms with E-state index in [1.54, 1.807) is 28.4 Å². The number of ether oxygens (including phenoxy) is 10. The molecule has 0 atom stereocenters. The maximum atomic E-state index is 6.27. The lowest BCUT2D eigenvalue weighted by Gasteiger charge is -2.27. The van der Waals surface area contributed by atoms with Gasteiger partial charge in [0, 0.05) is 54.6 Å². The van der Waals surface area contributed by atoms with Gasteiger partial charge in [-0.1, -0.05) is 24.3 Å². The Labute approximate surface area is 275 Å². The highest BCUT2D eigenvalue weighted by molar-refractivity contribution is 5.59. The van der Waals surface area contributed by atoms with Crippen LogP contribution in [-0.4, -0.2) is 147 Å². The summed E-state index contributed by atoms with van der Waals surface area (Å²) >= 11 is 0. The zero-order valence-electron chi connectivity index (χ0n) is 28.3. The maximum Gasteiger partial charge on any atom is 0.142 e. The van der Waals surface area contributed by atoms with Crippen molar-refractivity contribution in [2.24, 2.45) is 0 Å². The van der Waals surface area contributed by atoms with Gasteiger partial charge in [-0.3, -0.25) is 0 Å². The number of methoxy groups -OCH3 is 4. The first-order valence-corrected chi connectivity index (χ1v) is 15.9. The molecule has 0 aromatic heterocycles. The van der Waals surface area contributed by atoms with Gasteiger partial charge in [-0.15, -0.1) is 0 Å². The van der Waals surface area contributed by atoms with Crippen LogP contribution in [0.5, 0.6) is 11.5 Å². The fraction of sp³-hybridized carbons (Fsp3) is 0.647. The van der Waals surface area contributed by atoms with Gasteiger partial charge in [0.1, 0.15) is 24.7 Å². The second-order valence-corrected chi connectivity index (χ2v) is 10.0. The van der Waals surface area contributed by atoms with Crippen LogP contribution < -0.4 is 19.3 Å². The SMILES string of the molecule is COCCOCCN(CCOCCOC)c1ccccc1OCCOc1ccccc1N(CCOCCOC)CCOCCOC. The first-order valence-electron chi connectivity index (χ1n) is 15.9. The summed E-state index contributed by atoms with van der Waals surface area (Å²) in [6.45, 7) is 10.1. The van der Waals surface area contributed by atoms with E-state index in [-0.39, 0.29) is 0 Å². The largest absolute Gasteiger partial charge is 0.488 e. The molecule has 12 nitrogen and oxygen atoms in total. The molecule has 0 amide bonds. The van der Waals surface area contributed by atoms with E-state index in [2.05, 4.69) is 21.9 Å². The highest BCUT2D eigenvalue weighted by Gasteiger charge is 2.15. The van der Waals surface area contributed by atoms with Gasteiger partial charge in [-0.25, -0.2) is 0 Å². The van der Waals surface area contributed by atoms with E-state index in [0.29, 0.717) is 119 Å². The number of hydrogen-bond acceptors (Lipinski definition) is 12. The van der Waals surface area contributed by atoms with E-state index in [4.69, 9.17) is 47.4 Å². The second kappa shape index (κ2) is 27.4. The number of para-hydroxylation sites is 4. The molecule has 0 aliphatic heterocycles. The highest BCUT2D eigenvalue weighted by Crippen LogP contribution is 2.30. The monoisotopic (exact) mass is 652 g/mol. The van der Waals surface area contributed by atoms with E-state index < -0.39 is 0 Å². The van der Waals surface area contributed by atoms with Gasteiger partial charge in [0.15, 0.2) is 0 Å². The number of rotatable bonds is 31. The van der Waals surface area contributed by atoms with Crippen molar-refractivity contribution in [2.75, 3.05) is 157 Å². The summed E-state index contributed by atoms with van der Waals surface area (Å²) in [6, 6.07) is 16.0. The quantitative estimate of drug-likeness (QED) is 0.112. The molecule has 0 N–H and O–H groups in total. The molecule has 262 valence electrons. The lowest BCUT2D eigenvalue weighted by Crippen LogP contribution is -2.32. The average Bonchev–Trinajstić information content (AvgIpc) is 3.08. The molecule has 0 fully saturated rings. The molecule has 0 bridgehead atoms. The molecule has 0 heterocycles. The summed E-state index contributed by atoms with van der Waals surface area (Å²) in [4.78, 5) is 4.43. The predicted molar refractivity (Wildman–Crippen MR) is 179 cm³/mol. The molecule has 0 saturated carbocycles. The van der Waals surface area contributed by atoms with Crippen molar-refractivity contribution in [3.63, 3.8) is 0 Å². The van der Waals surface area contributed by atoms with Crippen LogP contribution in [0.1, 0.15) is 0 Å². The molecule has 0 radical (unpaired) electrons. The molecule has 0 aliphatic carbocycles. The molecule has 0 aliphatic rings. The predicted octanol–water partition coefficient (Wildman–Crippen LogP) is 3.41. The molecular formula is C34H56N2O10. The Kier molecular flexibility index (Phi) is 23.6. The summed E-state index contributed by atoms with van der Waals surface area (Å²) < 4.78 is 55.9. The Morgan fingerprint density at radius 1 is 0.370 bits per heavy atom. The van der Waals surface area contributed by atoms with Crippen LogP contribution >= 0.6 is 0 Å². The van der Waals surface area contributed by atoms with Crippen molar-refractivity contribution in [3.05, 3.63) is 48.5 Å².